The van der Waals surface area contributed by atoms with Crippen LogP contribution in [0.25, 0.3) is 0 Å². The zero-order chi connectivity index (χ0) is 16.5. The molecule has 1 aromatic carbocycles. The first-order chi connectivity index (χ1) is 10.4. The maximum Gasteiger partial charge on any atom is 0.408 e. The van der Waals surface area contributed by atoms with Gasteiger partial charge in [0.1, 0.15) is 18.7 Å². The molecular formula is C15H20N2O5. The van der Waals surface area contributed by atoms with Crippen molar-refractivity contribution in [1.29, 1.82) is 0 Å². The van der Waals surface area contributed by atoms with Gasteiger partial charge in [-0.15, -0.1) is 0 Å². The zero-order valence-corrected chi connectivity index (χ0v) is 12.8. The first-order valence-corrected chi connectivity index (χ1v) is 6.79. The van der Waals surface area contributed by atoms with Crippen molar-refractivity contribution in [2.45, 2.75) is 32.5 Å². The second-order valence-corrected chi connectivity index (χ2v) is 4.68. The van der Waals surface area contributed by atoms with E-state index in [1.165, 1.54) is 21.0 Å². The average Bonchev–Trinajstić information content (AvgIpc) is 2.52. The molecule has 0 spiro atoms. The van der Waals surface area contributed by atoms with E-state index in [1.807, 2.05) is 30.3 Å². The van der Waals surface area contributed by atoms with E-state index < -0.39 is 30.1 Å². The minimum Gasteiger partial charge on any atom is -0.467 e. The largest absolute Gasteiger partial charge is 0.467 e. The number of hydrogen-bond acceptors (Lipinski definition) is 5. The van der Waals surface area contributed by atoms with Crippen molar-refractivity contribution in [3.05, 3.63) is 35.9 Å². The van der Waals surface area contributed by atoms with Crippen molar-refractivity contribution in [2.24, 2.45) is 0 Å². The highest BCUT2D eigenvalue weighted by Crippen LogP contribution is 2.00. The molecule has 0 saturated heterocycles. The Morgan fingerprint density at radius 2 is 1.68 bits per heavy atom. The van der Waals surface area contributed by atoms with E-state index in [0.717, 1.165) is 5.56 Å². The predicted molar refractivity (Wildman–Crippen MR) is 78.8 cm³/mol. The molecule has 2 atom stereocenters. The second-order valence-electron chi connectivity index (χ2n) is 4.68. The van der Waals surface area contributed by atoms with Gasteiger partial charge in [0.05, 0.1) is 7.11 Å². The summed E-state index contributed by atoms with van der Waals surface area (Å²) < 4.78 is 9.50. The smallest absolute Gasteiger partial charge is 0.408 e. The summed E-state index contributed by atoms with van der Waals surface area (Å²) in [5, 5.41) is 4.81. The lowest BCUT2D eigenvalue weighted by Crippen LogP contribution is -2.49. The molecule has 2 N–H and O–H groups in total. The fourth-order valence-corrected chi connectivity index (χ4v) is 1.58. The fourth-order valence-electron chi connectivity index (χ4n) is 1.58. The molecule has 0 fully saturated rings. The standard InChI is InChI=1S/C15H20N2O5/c1-10(13(18)16-11(2)14(19)21-3)17-15(20)22-9-12-7-5-4-6-8-12/h4-8,10-11H,9H2,1-3H3,(H,16,18)(H,17,20)/t10-,11+/m1/s1. The normalized spacial score (nSPS) is 12.7. The lowest BCUT2D eigenvalue weighted by molar-refractivity contribution is -0.144. The minimum absolute atomic E-state index is 0.111. The number of esters is 1. The molecule has 0 heterocycles. The highest BCUT2D eigenvalue weighted by molar-refractivity contribution is 5.89. The molecule has 1 rings (SSSR count). The Labute approximate surface area is 129 Å². The maximum absolute atomic E-state index is 11.8. The van der Waals surface area contributed by atoms with Crippen LogP contribution in [-0.2, 0) is 25.7 Å². The molecule has 0 radical (unpaired) electrons. The van der Waals surface area contributed by atoms with Crippen molar-refractivity contribution in [2.75, 3.05) is 7.11 Å². The number of carbonyl (C=O) groups is 3. The van der Waals surface area contributed by atoms with Crippen LogP contribution in [0.5, 0.6) is 0 Å². The van der Waals surface area contributed by atoms with Gasteiger partial charge in [-0.25, -0.2) is 9.59 Å². The fraction of sp³-hybridized carbons (Fsp3) is 0.400. The predicted octanol–water partition coefficient (Wildman–Crippen LogP) is 0.979. The molecule has 120 valence electrons. The van der Waals surface area contributed by atoms with Crippen LogP contribution in [0.4, 0.5) is 4.79 Å². The highest BCUT2D eigenvalue weighted by Gasteiger charge is 2.21. The van der Waals surface area contributed by atoms with Crippen LogP contribution in [0.15, 0.2) is 30.3 Å². The van der Waals surface area contributed by atoms with Crippen LogP contribution in [0, 0.1) is 0 Å². The second kappa shape index (κ2) is 8.66. The van der Waals surface area contributed by atoms with Gasteiger partial charge in [0, 0.05) is 0 Å². The molecular weight excluding hydrogens is 288 g/mol. The number of rotatable bonds is 6. The molecule has 0 aromatic heterocycles. The molecule has 7 heteroatoms. The van der Waals surface area contributed by atoms with Crippen LogP contribution in [-0.4, -0.2) is 37.2 Å². The maximum atomic E-state index is 11.8. The van der Waals surface area contributed by atoms with Crippen molar-refractivity contribution < 1.29 is 23.9 Å². The number of alkyl carbamates (subject to hydrolysis) is 1. The Bertz CT molecular complexity index is 518. The van der Waals surface area contributed by atoms with Gasteiger partial charge in [-0.3, -0.25) is 4.79 Å². The Kier molecular flexibility index (Phi) is 6.88. The van der Waals surface area contributed by atoms with Crippen LogP contribution < -0.4 is 10.6 Å². The number of hydrogen-bond donors (Lipinski definition) is 2. The summed E-state index contributed by atoms with van der Waals surface area (Å²) in [5.74, 6) is -1.07. The Morgan fingerprint density at radius 3 is 2.27 bits per heavy atom. The summed E-state index contributed by atoms with van der Waals surface area (Å²) in [6.07, 6.45) is -0.711. The number of carbonyl (C=O) groups excluding carboxylic acids is 3. The quantitative estimate of drug-likeness (QED) is 0.764. The topological polar surface area (TPSA) is 93.7 Å². The Morgan fingerprint density at radius 1 is 1.05 bits per heavy atom. The van der Waals surface area contributed by atoms with E-state index in [4.69, 9.17) is 4.74 Å². The van der Waals surface area contributed by atoms with E-state index in [1.54, 1.807) is 0 Å². The monoisotopic (exact) mass is 308 g/mol. The molecule has 7 nitrogen and oxygen atoms in total. The average molecular weight is 308 g/mol. The lowest BCUT2D eigenvalue weighted by Gasteiger charge is -2.17. The van der Waals surface area contributed by atoms with Crippen LogP contribution in [0.3, 0.4) is 0 Å². The van der Waals surface area contributed by atoms with E-state index in [-0.39, 0.29) is 6.61 Å². The van der Waals surface area contributed by atoms with Gasteiger partial charge in [0.15, 0.2) is 0 Å². The molecule has 0 aliphatic carbocycles. The lowest BCUT2D eigenvalue weighted by atomic mass is 10.2. The van der Waals surface area contributed by atoms with Crippen molar-refractivity contribution in [3.63, 3.8) is 0 Å². The van der Waals surface area contributed by atoms with E-state index in [2.05, 4.69) is 15.4 Å². The zero-order valence-electron chi connectivity index (χ0n) is 12.8. The first-order valence-electron chi connectivity index (χ1n) is 6.79. The van der Waals surface area contributed by atoms with Crippen molar-refractivity contribution in [1.82, 2.24) is 10.6 Å². The summed E-state index contributed by atoms with van der Waals surface area (Å²) in [5.41, 5.74) is 0.842. The van der Waals surface area contributed by atoms with Gasteiger partial charge >= 0.3 is 12.1 Å². The number of ether oxygens (including phenoxy) is 2. The summed E-state index contributed by atoms with van der Waals surface area (Å²) in [6, 6.07) is 7.54. The van der Waals surface area contributed by atoms with Gasteiger partial charge in [-0.2, -0.15) is 0 Å². The molecule has 0 aliphatic heterocycles. The number of amides is 2. The first kappa shape index (κ1) is 17.5. The van der Waals surface area contributed by atoms with E-state index in [9.17, 15) is 14.4 Å². The van der Waals surface area contributed by atoms with Crippen LogP contribution >= 0.6 is 0 Å². The van der Waals surface area contributed by atoms with Gasteiger partial charge in [-0.1, -0.05) is 30.3 Å². The van der Waals surface area contributed by atoms with Gasteiger partial charge in [0.2, 0.25) is 5.91 Å². The minimum atomic E-state index is -0.838. The summed E-state index contributed by atoms with van der Waals surface area (Å²) in [7, 11) is 1.23. The van der Waals surface area contributed by atoms with E-state index >= 15 is 0 Å². The number of methoxy groups -OCH3 is 1. The SMILES string of the molecule is COC(=O)[C@H](C)NC(=O)[C@@H](C)NC(=O)OCc1ccccc1. The molecule has 22 heavy (non-hydrogen) atoms. The third-order valence-electron chi connectivity index (χ3n) is 2.85. The molecule has 2 amide bonds. The number of nitrogens with one attached hydrogen (secondary N) is 2. The number of benzene rings is 1. The van der Waals surface area contributed by atoms with Gasteiger partial charge in [0.25, 0.3) is 0 Å². The van der Waals surface area contributed by atoms with E-state index in [0.29, 0.717) is 0 Å². The molecule has 0 bridgehead atoms. The van der Waals surface area contributed by atoms with Gasteiger partial charge < -0.3 is 20.1 Å². The van der Waals surface area contributed by atoms with Crippen molar-refractivity contribution in [3.8, 4) is 0 Å². The molecule has 0 aliphatic rings. The highest BCUT2D eigenvalue weighted by atomic mass is 16.5. The third kappa shape index (κ3) is 5.82. The molecule has 0 saturated carbocycles. The molecule has 0 unspecified atom stereocenters. The summed E-state index contributed by atoms with van der Waals surface area (Å²) in [6.45, 7) is 3.09. The van der Waals surface area contributed by atoms with Crippen LogP contribution in [0.1, 0.15) is 19.4 Å². The Hall–Kier alpha value is -2.57. The van der Waals surface area contributed by atoms with Crippen molar-refractivity contribution >= 4 is 18.0 Å². The summed E-state index contributed by atoms with van der Waals surface area (Å²) in [4.78, 5) is 34.6. The Balaban J connectivity index is 2.37. The third-order valence-corrected chi connectivity index (χ3v) is 2.85. The van der Waals surface area contributed by atoms with Gasteiger partial charge in [-0.05, 0) is 19.4 Å². The molecule has 1 aromatic rings. The van der Waals surface area contributed by atoms with Crippen LogP contribution in [0.2, 0.25) is 0 Å². The summed E-state index contributed by atoms with van der Waals surface area (Å²) >= 11 is 0.